The van der Waals surface area contributed by atoms with Crippen molar-refractivity contribution in [1.29, 1.82) is 0 Å². The summed E-state index contributed by atoms with van der Waals surface area (Å²) in [4.78, 5) is 12.4. The number of anilines is 1. The fraction of sp³-hybridized carbons (Fsp3) is 0.286. The van der Waals surface area contributed by atoms with E-state index in [0.717, 1.165) is 22.1 Å². The van der Waals surface area contributed by atoms with Crippen LogP contribution in [0, 0.1) is 6.92 Å². The molecule has 0 saturated heterocycles. The monoisotopic (exact) mass is 355 g/mol. The molecule has 1 N–H and O–H groups in total. The normalized spacial score (nSPS) is 11.7. The first-order valence-corrected chi connectivity index (χ1v) is 8.68. The predicted octanol–water partition coefficient (Wildman–Crippen LogP) is 5.87. The molecular weight excluding hydrogens is 334 g/mol. The van der Waals surface area contributed by atoms with Crippen LogP contribution in [0.4, 0.5) is 5.69 Å². The average Bonchev–Trinajstić information content (AvgIpc) is 2.92. The van der Waals surface area contributed by atoms with Gasteiger partial charge in [0.1, 0.15) is 5.58 Å². The van der Waals surface area contributed by atoms with Crippen molar-refractivity contribution < 1.29 is 9.21 Å². The van der Waals surface area contributed by atoms with Gasteiger partial charge < -0.3 is 9.73 Å². The Morgan fingerprint density at radius 3 is 2.60 bits per heavy atom. The highest BCUT2D eigenvalue weighted by atomic mass is 35.5. The van der Waals surface area contributed by atoms with Gasteiger partial charge in [0.15, 0.2) is 0 Å². The number of fused-ring (bicyclic) bond motifs is 1. The highest BCUT2D eigenvalue weighted by molar-refractivity contribution is 6.31. The second kappa shape index (κ2) is 6.57. The molecule has 0 radical (unpaired) electrons. The maximum absolute atomic E-state index is 12.4. The topological polar surface area (TPSA) is 42.2 Å². The second-order valence-electron chi connectivity index (χ2n) is 7.41. The Kier molecular flexibility index (Phi) is 4.61. The molecule has 0 spiro atoms. The number of halogens is 1. The van der Waals surface area contributed by atoms with E-state index in [-0.39, 0.29) is 17.7 Å². The van der Waals surface area contributed by atoms with Crippen molar-refractivity contribution >= 4 is 34.2 Å². The zero-order valence-corrected chi connectivity index (χ0v) is 15.7. The SMILES string of the molecule is Cc1ccc(NC(=O)Cc2coc3ccc(C(C)(C)C)cc23)cc1Cl. The molecule has 0 fully saturated rings. The van der Waals surface area contributed by atoms with Crippen LogP contribution in [0.5, 0.6) is 0 Å². The first-order chi connectivity index (χ1) is 11.7. The average molecular weight is 356 g/mol. The van der Waals surface area contributed by atoms with Crippen molar-refractivity contribution in [2.45, 2.75) is 39.5 Å². The lowest BCUT2D eigenvalue weighted by molar-refractivity contribution is -0.115. The molecule has 4 heteroatoms. The number of nitrogens with one attached hydrogen (secondary N) is 1. The first-order valence-electron chi connectivity index (χ1n) is 8.30. The minimum absolute atomic E-state index is 0.0453. The summed E-state index contributed by atoms with van der Waals surface area (Å²) in [5, 5.41) is 4.52. The minimum atomic E-state index is -0.0937. The molecule has 0 aliphatic heterocycles. The standard InChI is InChI=1S/C21H22ClNO2/c1-13-5-7-16(11-18(13)22)23-20(24)9-14-12-25-19-8-6-15(10-17(14)19)21(2,3)4/h5-8,10-12H,9H2,1-4H3,(H,23,24). The second-order valence-corrected chi connectivity index (χ2v) is 7.82. The summed E-state index contributed by atoms with van der Waals surface area (Å²) in [6.45, 7) is 8.43. The molecule has 0 atom stereocenters. The Morgan fingerprint density at radius 1 is 1.16 bits per heavy atom. The van der Waals surface area contributed by atoms with Crippen molar-refractivity contribution in [3.05, 3.63) is 64.4 Å². The van der Waals surface area contributed by atoms with Gasteiger partial charge in [0.25, 0.3) is 0 Å². The summed E-state index contributed by atoms with van der Waals surface area (Å²) >= 11 is 6.11. The third-order valence-corrected chi connectivity index (χ3v) is 4.73. The number of amides is 1. The summed E-state index contributed by atoms with van der Waals surface area (Å²) in [5.74, 6) is -0.0937. The minimum Gasteiger partial charge on any atom is -0.464 e. The fourth-order valence-corrected chi connectivity index (χ4v) is 2.91. The lowest BCUT2D eigenvalue weighted by Gasteiger charge is -2.18. The number of hydrogen-bond acceptors (Lipinski definition) is 2. The summed E-state index contributed by atoms with van der Waals surface area (Å²) in [6.07, 6.45) is 1.92. The molecule has 0 bridgehead atoms. The van der Waals surface area contributed by atoms with Crippen LogP contribution >= 0.6 is 11.6 Å². The Balaban J connectivity index is 1.82. The van der Waals surface area contributed by atoms with E-state index in [1.54, 1.807) is 12.3 Å². The maximum atomic E-state index is 12.4. The van der Waals surface area contributed by atoms with E-state index in [0.29, 0.717) is 10.7 Å². The molecular formula is C21H22ClNO2. The molecule has 3 rings (SSSR count). The van der Waals surface area contributed by atoms with Crippen LogP contribution in [-0.2, 0) is 16.6 Å². The van der Waals surface area contributed by atoms with E-state index >= 15 is 0 Å². The molecule has 0 aliphatic carbocycles. The molecule has 1 amide bonds. The molecule has 1 aromatic heterocycles. The predicted molar refractivity (Wildman–Crippen MR) is 103 cm³/mol. The van der Waals surface area contributed by atoms with Crippen molar-refractivity contribution in [3.63, 3.8) is 0 Å². The largest absolute Gasteiger partial charge is 0.464 e. The van der Waals surface area contributed by atoms with Crippen molar-refractivity contribution in [3.8, 4) is 0 Å². The molecule has 0 aliphatic rings. The number of hydrogen-bond donors (Lipinski definition) is 1. The van der Waals surface area contributed by atoms with Gasteiger partial charge in [0.2, 0.25) is 5.91 Å². The van der Waals surface area contributed by atoms with Crippen LogP contribution in [-0.4, -0.2) is 5.91 Å². The highest BCUT2D eigenvalue weighted by Gasteiger charge is 2.17. The zero-order chi connectivity index (χ0) is 18.2. The molecule has 1 heterocycles. The Labute approximate surface area is 153 Å². The van der Waals surface area contributed by atoms with Gasteiger partial charge in [-0.25, -0.2) is 0 Å². The molecule has 0 unspecified atom stereocenters. The van der Waals surface area contributed by atoms with Crippen molar-refractivity contribution in [1.82, 2.24) is 0 Å². The molecule has 130 valence electrons. The Bertz CT molecular complexity index is 935. The number of rotatable bonds is 3. The van der Waals surface area contributed by atoms with E-state index < -0.39 is 0 Å². The van der Waals surface area contributed by atoms with Gasteiger partial charge in [-0.05, 0) is 47.7 Å². The van der Waals surface area contributed by atoms with Gasteiger partial charge in [-0.3, -0.25) is 4.79 Å². The van der Waals surface area contributed by atoms with E-state index in [9.17, 15) is 4.79 Å². The summed E-state index contributed by atoms with van der Waals surface area (Å²) in [5.41, 5.74) is 4.63. The summed E-state index contributed by atoms with van der Waals surface area (Å²) in [7, 11) is 0. The number of furan rings is 1. The molecule has 2 aromatic carbocycles. The molecule has 3 aromatic rings. The smallest absolute Gasteiger partial charge is 0.228 e. The fourth-order valence-electron chi connectivity index (χ4n) is 2.73. The number of benzene rings is 2. The lowest BCUT2D eigenvalue weighted by atomic mass is 9.86. The van der Waals surface area contributed by atoms with Crippen molar-refractivity contribution in [2.24, 2.45) is 0 Å². The lowest BCUT2D eigenvalue weighted by Crippen LogP contribution is -2.14. The van der Waals surface area contributed by atoms with Gasteiger partial charge in [-0.2, -0.15) is 0 Å². The molecule has 25 heavy (non-hydrogen) atoms. The van der Waals surface area contributed by atoms with Gasteiger partial charge in [0.05, 0.1) is 12.7 Å². The van der Waals surface area contributed by atoms with Crippen LogP contribution in [0.3, 0.4) is 0 Å². The number of aryl methyl sites for hydroxylation is 1. The Hall–Kier alpha value is -2.26. The third kappa shape index (κ3) is 3.88. The number of carbonyl (C=O) groups excluding carboxylic acids is 1. The van der Waals surface area contributed by atoms with Crippen LogP contribution < -0.4 is 5.32 Å². The van der Waals surface area contributed by atoms with Crippen molar-refractivity contribution in [2.75, 3.05) is 5.32 Å². The zero-order valence-electron chi connectivity index (χ0n) is 14.9. The highest BCUT2D eigenvalue weighted by Crippen LogP contribution is 2.29. The van der Waals surface area contributed by atoms with Gasteiger partial charge in [-0.1, -0.05) is 44.5 Å². The molecule has 3 nitrogen and oxygen atoms in total. The van der Waals surface area contributed by atoms with E-state index in [4.69, 9.17) is 16.0 Å². The van der Waals surface area contributed by atoms with E-state index in [2.05, 4.69) is 38.2 Å². The Morgan fingerprint density at radius 2 is 1.92 bits per heavy atom. The summed E-state index contributed by atoms with van der Waals surface area (Å²) < 4.78 is 5.60. The quantitative estimate of drug-likeness (QED) is 0.638. The van der Waals surface area contributed by atoms with Gasteiger partial charge in [-0.15, -0.1) is 0 Å². The molecule has 0 saturated carbocycles. The van der Waals surface area contributed by atoms with Crippen LogP contribution in [0.15, 0.2) is 47.1 Å². The van der Waals surface area contributed by atoms with Crippen LogP contribution in [0.1, 0.15) is 37.5 Å². The van der Waals surface area contributed by atoms with E-state index in [1.807, 2.05) is 25.1 Å². The summed E-state index contributed by atoms with van der Waals surface area (Å²) in [6, 6.07) is 11.7. The van der Waals surface area contributed by atoms with Gasteiger partial charge >= 0.3 is 0 Å². The maximum Gasteiger partial charge on any atom is 0.228 e. The third-order valence-electron chi connectivity index (χ3n) is 4.33. The number of carbonyl (C=O) groups is 1. The van der Waals surface area contributed by atoms with E-state index in [1.165, 1.54) is 5.56 Å². The van der Waals surface area contributed by atoms with Crippen LogP contribution in [0.25, 0.3) is 11.0 Å². The first kappa shape index (κ1) is 17.6. The van der Waals surface area contributed by atoms with Crippen LogP contribution in [0.2, 0.25) is 5.02 Å². The van der Waals surface area contributed by atoms with Gasteiger partial charge in [0, 0.05) is 21.7 Å².